The Bertz CT molecular complexity index is 288. The number of hydrogen-bond donors (Lipinski definition) is 0. The molecule has 0 aromatic carbocycles. The minimum atomic E-state index is 0.190. The normalized spacial score (nSPS) is 10.4. The van der Waals surface area contributed by atoms with Crippen molar-refractivity contribution in [3.63, 3.8) is 0 Å². The molecule has 0 aliphatic carbocycles. The summed E-state index contributed by atoms with van der Waals surface area (Å²) in [6, 6.07) is 4.04. The summed E-state index contributed by atoms with van der Waals surface area (Å²) in [5.74, 6) is 0.190. The van der Waals surface area contributed by atoms with E-state index in [2.05, 4.69) is 13.0 Å². The van der Waals surface area contributed by atoms with Gasteiger partial charge in [-0.3, -0.25) is 4.79 Å². The van der Waals surface area contributed by atoms with Crippen LogP contribution >= 0.6 is 11.3 Å². The molecule has 1 heterocycles. The average Bonchev–Trinajstić information content (AvgIpc) is 2.61. The van der Waals surface area contributed by atoms with Gasteiger partial charge in [0, 0.05) is 4.88 Å². The van der Waals surface area contributed by atoms with E-state index in [9.17, 15) is 4.79 Å². The van der Waals surface area contributed by atoms with Gasteiger partial charge in [-0.2, -0.15) is 0 Å². The number of unbranched alkanes of at least 4 members (excludes halogenated alkanes) is 3. The van der Waals surface area contributed by atoms with E-state index in [1.807, 2.05) is 6.07 Å². The highest BCUT2D eigenvalue weighted by Crippen LogP contribution is 2.19. The molecule has 0 fully saturated rings. The molecule has 0 saturated heterocycles. The Morgan fingerprint density at radius 2 is 2.07 bits per heavy atom. The van der Waals surface area contributed by atoms with Gasteiger partial charge in [0.05, 0.1) is 4.88 Å². The van der Waals surface area contributed by atoms with E-state index < -0.39 is 0 Å². The SMILES string of the molecule is CCCCCCc1ccc(C(C)=O)s1. The largest absolute Gasteiger partial charge is 0.294 e. The Labute approximate surface area is 90.2 Å². The van der Waals surface area contributed by atoms with Gasteiger partial charge < -0.3 is 0 Å². The second-order valence-electron chi connectivity index (χ2n) is 3.63. The van der Waals surface area contributed by atoms with Crippen molar-refractivity contribution in [3.8, 4) is 0 Å². The molecule has 0 bridgehead atoms. The lowest BCUT2D eigenvalue weighted by atomic mass is 10.1. The molecule has 0 aliphatic heterocycles. The number of ketones is 1. The van der Waals surface area contributed by atoms with Crippen molar-refractivity contribution in [2.75, 3.05) is 0 Å². The lowest BCUT2D eigenvalue weighted by Crippen LogP contribution is -1.84. The summed E-state index contributed by atoms with van der Waals surface area (Å²) in [6.07, 6.45) is 6.31. The van der Waals surface area contributed by atoms with Crippen LogP contribution in [0.4, 0.5) is 0 Å². The Kier molecular flexibility index (Phi) is 4.88. The first-order valence-corrected chi connectivity index (χ1v) is 6.15. The standard InChI is InChI=1S/C12H18OS/c1-3-4-5-6-7-11-8-9-12(14-11)10(2)13/h8-9H,3-7H2,1-2H3. The van der Waals surface area contributed by atoms with Crippen LogP contribution in [0.15, 0.2) is 12.1 Å². The molecular weight excluding hydrogens is 192 g/mol. The topological polar surface area (TPSA) is 17.1 Å². The number of carbonyl (C=O) groups is 1. The maximum atomic E-state index is 11.0. The highest BCUT2D eigenvalue weighted by molar-refractivity contribution is 7.14. The van der Waals surface area contributed by atoms with Crippen LogP contribution in [-0.2, 0) is 6.42 Å². The maximum Gasteiger partial charge on any atom is 0.169 e. The summed E-state index contributed by atoms with van der Waals surface area (Å²) in [6.45, 7) is 3.85. The van der Waals surface area contributed by atoms with Crippen LogP contribution in [0.2, 0.25) is 0 Å². The molecule has 2 heteroatoms. The number of thiophene rings is 1. The van der Waals surface area contributed by atoms with Crippen molar-refractivity contribution in [1.29, 1.82) is 0 Å². The van der Waals surface area contributed by atoms with Gasteiger partial charge in [0.25, 0.3) is 0 Å². The quantitative estimate of drug-likeness (QED) is 0.511. The van der Waals surface area contributed by atoms with E-state index in [-0.39, 0.29) is 5.78 Å². The molecule has 0 radical (unpaired) electrons. The van der Waals surface area contributed by atoms with Gasteiger partial charge in [0.1, 0.15) is 0 Å². The molecule has 1 nitrogen and oxygen atoms in total. The summed E-state index contributed by atoms with van der Waals surface area (Å²) in [5, 5.41) is 0. The summed E-state index contributed by atoms with van der Waals surface area (Å²) < 4.78 is 0. The molecule has 0 atom stereocenters. The highest BCUT2D eigenvalue weighted by Gasteiger charge is 2.03. The molecule has 78 valence electrons. The third-order valence-corrected chi connectivity index (χ3v) is 3.53. The van der Waals surface area contributed by atoms with Gasteiger partial charge in [-0.1, -0.05) is 26.2 Å². The number of carbonyl (C=O) groups excluding carboxylic acids is 1. The second kappa shape index (κ2) is 5.97. The first kappa shape index (κ1) is 11.4. The minimum absolute atomic E-state index is 0.190. The van der Waals surface area contributed by atoms with E-state index >= 15 is 0 Å². The monoisotopic (exact) mass is 210 g/mol. The smallest absolute Gasteiger partial charge is 0.169 e. The number of aryl methyl sites for hydroxylation is 1. The van der Waals surface area contributed by atoms with Crippen LogP contribution in [0, 0.1) is 0 Å². The summed E-state index contributed by atoms with van der Waals surface area (Å²) in [7, 11) is 0. The molecule has 1 aromatic rings. The Morgan fingerprint density at radius 1 is 1.29 bits per heavy atom. The summed E-state index contributed by atoms with van der Waals surface area (Å²) in [5.41, 5.74) is 0. The van der Waals surface area contributed by atoms with Crippen molar-refractivity contribution in [3.05, 3.63) is 21.9 Å². The molecular formula is C12H18OS. The fraction of sp³-hybridized carbons (Fsp3) is 0.583. The van der Waals surface area contributed by atoms with Crippen molar-refractivity contribution < 1.29 is 4.79 Å². The van der Waals surface area contributed by atoms with Crippen LogP contribution < -0.4 is 0 Å². The Hall–Kier alpha value is -0.630. The molecule has 0 spiro atoms. The molecule has 0 amide bonds. The first-order valence-electron chi connectivity index (χ1n) is 5.33. The van der Waals surface area contributed by atoms with E-state index in [1.54, 1.807) is 18.3 Å². The minimum Gasteiger partial charge on any atom is -0.294 e. The predicted molar refractivity (Wildman–Crippen MR) is 62.2 cm³/mol. The van der Waals surface area contributed by atoms with Gasteiger partial charge in [-0.15, -0.1) is 11.3 Å². The van der Waals surface area contributed by atoms with Gasteiger partial charge in [-0.25, -0.2) is 0 Å². The van der Waals surface area contributed by atoms with E-state index in [4.69, 9.17) is 0 Å². The van der Waals surface area contributed by atoms with Crippen molar-refractivity contribution in [1.82, 2.24) is 0 Å². The Balaban J connectivity index is 2.33. The number of rotatable bonds is 6. The van der Waals surface area contributed by atoms with Crippen molar-refractivity contribution in [2.24, 2.45) is 0 Å². The van der Waals surface area contributed by atoms with Crippen LogP contribution in [0.3, 0.4) is 0 Å². The van der Waals surface area contributed by atoms with Gasteiger partial charge >= 0.3 is 0 Å². The van der Waals surface area contributed by atoms with Crippen LogP contribution in [0.5, 0.6) is 0 Å². The first-order chi connectivity index (χ1) is 6.74. The van der Waals surface area contributed by atoms with E-state index in [0.717, 1.165) is 11.3 Å². The van der Waals surface area contributed by atoms with Crippen LogP contribution in [-0.4, -0.2) is 5.78 Å². The third-order valence-electron chi connectivity index (χ3n) is 2.29. The molecule has 0 saturated carbocycles. The average molecular weight is 210 g/mol. The fourth-order valence-electron chi connectivity index (χ4n) is 1.43. The predicted octanol–water partition coefficient (Wildman–Crippen LogP) is 4.07. The number of hydrogen-bond acceptors (Lipinski definition) is 2. The summed E-state index contributed by atoms with van der Waals surface area (Å²) in [4.78, 5) is 13.3. The zero-order valence-electron chi connectivity index (χ0n) is 9.01. The molecule has 14 heavy (non-hydrogen) atoms. The fourth-order valence-corrected chi connectivity index (χ4v) is 2.37. The molecule has 1 aromatic heterocycles. The third kappa shape index (κ3) is 3.62. The van der Waals surface area contributed by atoms with Crippen molar-refractivity contribution >= 4 is 17.1 Å². The van der Waals surface area contributed by atoms with Crippen LogP contribution in [0.1, 0.15) is 54.1 Å². The van der Waals surface area contributed by atoms with Crippen molar-refractivity contribution in [2.45, 2.75) is 46.0 Å². The molecule has 0 aliphatic rings. The lowest BCUT2D eigenvalue weighted by Gasteiger charge is -1.96. The second-order valence-corrected chi connectivity index (χ2v) is 4.80. The summed E-state index contributed by atoms with van der Waals surface area (Å²) >= 11 is 1.65. The van der Waals surface area contributed by atoms with Gasteiger partial charge in [0.2, 0.25) is 0 Å². The van der Waals surface area contributed by atoms with E-state index in [0.29, 0.717) is 0 Å². The number of Topliss-reactive ketones (excluding diaryl/α,β-unsaturated/α-hetero) is 1. The molecule has 1 rings (SSSR count). The van der Waals surface area contributed by atoms with E-state index in [1.165, 1.54) is 30.6 Å². The maximum absolute atomic E-state index is 11.0. The van der Waals surface area contributed by atoms with Crippen LogP contribution in [0.25, 0.3) is 0 Å². The van der Waals surface area contributed by atoms with Gasteiger partial charge in [-0.05, 0) is 31.9 Å². The Morgan fingerprint density at radius 3 is 2.64 bits per heavy atom. The lowest BCUT2D eigenvalue weighted by molar-refractivity contribution is 0.102. The van der Waals surface area contributed by atoms with Gasteiger partial charge in [0.15, 0.2) is 5.78 Å². The highest BCUT2D eigenvalue weighted by atomic mass is 32.1. The molecule has 0 unspecified atom stereocenters. The molecule has 0 N–H and O–H groups in total. The zero-order chi connectivity index (χ0) is 10.4. The zero-order valence-corrected chi connectivity index (χ0v) is 9.82.